The van der Waals surface area contributed by atoms with Gasteiger partial charge in [0.2, 0.25) is 0 Å². The van der Waals surface area contributed by atoms with E-state index in [9.17, 15) is 0 Å². The second-order valence-corrected chi connectivity index (χ2v) is 4.49. The van der Waals surface area contributed by atoms with E-state index >= 15 is 0 Å². The van der Waals surface area contributed by atoms with Gasteiger partial charge < -0.3 is 4.74 Å². The highest BCUT2D eigenvalue weighted by Gasteiger charge is 2.14. The quantitative estimate of drug-likeness (QED) is 0.632. The molecule has 0 aromatic rings. The molecule has 0 radical (unpaired) electrons. The Hall–Kier alpha value is -0.0400. The summed E-state index contributed by atoms with van der Waals surface area (Å²) < 4.78 is 5.90. The third kappa shape index (κ3) is 4.66. The van der Waals surface area contributed by atoms with Crippen molar-refractivity contribution in [3.05, 3.63) is 0 Å². The lowest BCUT2D eigenvalue weighted by Crippen LogP contribution is -2.19. The molecule has 0 saturated heterocycles. The molecule has 0 amide bonds. The van der Waals surface area contributed by atoms with E-state index in [4.69, 9.17) is 4.74 Å². The molecule has 1 rings (SSSR count). The Morgan fingerprint density at radius 1 is 1.23 bits per heavy atom. The van der Waals surface area contributed by atoms with Gasteiger partial charge in [-0.2, -0.15) is 0 Å². The lowest BCUT2D eigenvalue weighted by Gasteiger charge is -2.23. The molecule has 0 spiro atoms. The van der Waals surface area contributed by atoms with E-state index in [2.05, 4.69) is 13.8 Å². The Morgan fingerprint density at radius 2 is 1.92 bits per heavy atom. The van der Waals surface area contributed by atoms with Crippen LogP contribution < -0.4 is 0 Å². The van der Waals surface area contributed by atoms with E-state index in [0.29, 0.717) is 6.10 Å². The fourth-order valence-electron chi connectivity index (χ4n) is 2.11. The van der Waals surface area contributed by atoms with Crippen molar-refractivity contribution in [3.8, 4) is 0 Å². The van der Waals surface area contributed by atoms with Gasteiger partial charge in [-0.05, 0) is 25.2 Å². The molecule has 1 saturated carbocycles. The van der Waals surface area contributed by atoms with Crippen molar-refractivity contribution in [2.75, 3.05) is 6.61 Å². The molecule has 0 heterocycles. The van der Waals surface area contributed by atoms with Crippen LogP contribution in [0.5, 0.6) is 0 Å². The Kier molecular flexibility index (Phi) is 5.45. The largest absolute Gasteiger partial charge is 0.378 e. The smallest absolute Gasteiger partial charge is 0.0575 e. The fourth-order valence-corrected chi connectivity index (χ4v) is 2.11. The third-order valence-electron chi connectivity index (χ3n) is 2.95. The van der Waals surface area contributed by atoms with Gasteiger partial charge in [-0.3, -0.25) is 0 Å². The maximum Gasteiger partial charge on any atom is 0.0575 e. The monoisotopic (exact) mass is 184 g/mol. The summed E-state index contributed by atoms with van der Waals surface area (Å²) in [5, 5.41) is 0. The van der Waals surface area contributed by atoms with E-state index in [1.54, 1.807) is 0 Å². The molecular weight excluding hydrogens is 160 g/mol. The van der Waals surface area contributed by atoms with E-state index in [1.165, 1.54) is 44.9 Å². The van der Waals surface area contributed by atoms with E-state index in [-0.39, 0.29) is 0 Å². The summed E-state index contributed by atoms with van der Waals surface area (Å²) in [7, 11) is 0. The SMILES string of the molecule is CCCC(C)COC1CCCCC1. The van der Waals surface area contributed by atoms with Crippen LogP contribution in [0.2, 0.25) is 0 Å². The van der Waals surface area contributed by atoms with Crippen LogP contribution in [-0.2, 0) is 4.74 Å². The minimum Gasteiger partial charge on any atom is -0.378 e. The van der Waals surface area contributed by atoms with Crippen LogP contribution in [0, 0.1) is 5.92 Å². The van der Waals surface area contributed by atoms with E-state index in [0.717, 1.165) is 12.5 Å². The first-order chi connectivity index (χ1) is 6.33. The Bertz CT molecular complexity index is 116. The summed E-state index contributed by atoms with van der Waals surface area (Å²) >= 11 is 0. The fraction of sp³-hybridized carbons (Fsp3) is 1.00. The lowest BCUT2D eigenvalue weighted by molar-refractivity contribution is 0.00940. The first-order valence-corrected chi connectivity index (χ1v) is 5.94. The Morgan fingerprint density at radius 3 is 2.54 bits per heavy atom. The Balaban J connectivity index is 2.03. The first kappa shape index (κ1) is 11.0. The van der Waals surface area contributed by atoms with Crippen LogP contribution in [-0.4, -0.2) is 12.7 Å². The topological polar surface area (TPSA) is 9.23 Å². The van der Waals surface area contributed by atoms with Crippen molar-refractivity contribution in [1.29, 1.82) is 0 Å². The lowest BCUT2D eigenvalue weighted by atomic mass is 9.97. The molecule has 13 heavy (non-hydrogen) atoms. The number of rotatable bonds is 5. The van der Waals surface area contributed by atoms with Crippen LogP contribution in [0.25, 0.3) is 0 Å². The molecule has 0 bridgehead atoms. The van der Waals surface area contributed by atoms with Crippen LogP contribution in [0.4, 0.5) is 0 Å². The molecule has 1 fully saturated rings. The molecule has 1 aliphatic carbocycles. The van der Waals surface area contributed by atoms with Gasteiger partial charge in [-0.25, -0.2) is 0 Å². The van der Waals surface area contributed by atoms with E-state index in [1.807, 2.05) is 0 Å². The van der Waals surface area contributed by atoms with Gasteiger partial charge in [0, 0.05) is 6.61 Å². The van der Waals surface area contributed by atoms with Crippen molar-refractivity contribution in [1.82, 2.24) is 0 Å². The average Bonchev–Trinajstić information content (AvgIpc) is 2.17. The molecule has 0 aromatic carbocycles. The molecule has 0 N–H and O–H groups in total. The number of ether oxygens (including phenoxy) is 1. The zero-order valence-electron chi connectivity index (χ0n) is 9.22. The summed E-state index contributed by atoms with van der Waals surface area (Å²) in [4.78, 5) is 0. The predicted molar refractivity (Wildman–Crippen MR) is 56.9 cm³/mol. The van der Waals surface area contributed by atoms with Gasteiger partial charge in [0.1, 0.15) is 0 Å². The summed E-state index contributed by atoms with van der Waals surface area (Å²) in [6.45, 7) is 5.53. The van der Waals surface area contributed by atoms with Crippen molar-refractivity contribution in [2.45, 2.75) is 64.9 Å². The maximum atomic E-state index is 5.90. The second kappa shape index (κ2) is 6.42. The standard InChI is InChI=1S/C12H24O/c1-3-7-11(2)10-13-12-8-5-4-6-9-12/h11-12H,3-10H2,1-2H3. The minimum atomic E-state index is 0.591. The van der Waals surface area contributed by atoms with Gasteiger partial charge in [-0.15, -0.1) is 0 Å². The molecule has 1 nitrogen and oxygen atoms in total. The van der Waals surface area contributed by atoms with Crippen molar-refractivity contribution in [2.24, 2.45) is 5.92 Å². The summed E-state index contributed by atoms with van der Waals surface area (Å²) in [6, 6.07) is 0. The molecular formula is C12H24O. The molecule has 1 atom stereocenters. The van der Waals surface area contributed by atoms with Gasteiger partial charge in [0.05, 0.1) is 6.10 Å². The zero-order valence-corrected chi connectivity index (χ0v) is 9.22. The highest BCUT2D eigenvalue weighted by molar-refractivity contribution is 4.65. The van der Waals surface area contributed by atoms with Gasteiger partial charge in [0.15, 0.2) is 0 Å². The minimum absolute atomic E-state index is 0.591. The van der Waals surface area contributed by atoms with Crippen LogP contribution in [0.1, 0.15) is 58.8 Å². The highest BCUT2D eigenvalue weighted by Crippen LogP contribution is 2.21. The second-order valence-electron chi connectivity index (χ2n) is 4.49. The van der Waals surface area contributed by atoms with Gasteiger partial charge in [0.25, 0.3) is 0 Å². The first-order valence-electron chi connectivity index (χ1n) is 5.94. The van der Waals surface area contributed by atoms with E-state index < -0.39 is 0 Å². The molecule has 0 aromatic heterocycles. The summed E-state index contributed by atoms with van der Waals surface area (Å²) in [6.07, 6.45) is 9.98. The highest BCUT2D eigenvalue weighted by atomic mass is 16.5. The maximum absolute atomic E-state index is 5.90. The zero-order chi connectivity index (χ0) is 9.52. The number of hydrogen-bond donors (Lipinski definition) is 0. The van der Waals surface area contributed by atoms with Crippen molar-refractivity contribution < 1.29 is 4.74 Å². The molecule has 78 valence electrons. The van der Waals surface area contributed by atoms with Gasteiger partial charge in [-0.1, -0.05) is 39.5 Å². The van der Waals surface area contributed by atoms with Crippen molar-refractivity contribution in [3.63, 3.8) is 0 Å². The van der Waals surface area contributed by atoms with Crippen LogP contribution >= 0.6 is 0 Å². The Labute approximate surface area is 82.9 Å². The van der Waals surface area contributed by atoms with Gasteiger partial charge >= 0.3 is 0 Å². The molecule has 1 unspecified atom stereocenters. The summed E-state index contributed by atoms with van der Waals surface area (Å²) in [5.41, 5.74) is 0. The normalized spacial score (nSPS) is 21.7. The number of hydrogen-bond acceptors (Lipinski definition) is 1. The van der Waals surface area contributed by atoms with Crippen molar-refractivity contribution >= 4 is 0 Å². The third-order valence-corrected chi connectivity index (χ3v) is 2.95. The average molecular weight is 184 g/mol. The molecule has 1 heteroatoms. The molecule has 1 aliphatic rings. The summed E-state index contributed by atoms with van der Waals surface area (Å²) in [5.74, 6) is 0.756. The predicted octanol–water partition coefficient (Wildman–Crippen LogP) is 3.77. The van der Waals surface area contributed by atoms with Crippen LogP contribution in [0.15, 0.2) is 0 Å². The molecule has 0 aliphatic heterocycles. The van der Waals surface area contributed by atoms with Crippen LogP contribution in [0.3, 0.4) is 0 Å².